The van der Waals surface area contributed by atoms with Crippen LogP contribution >= 0.6 is 11.3 Å². The van der Waals surface area contributed by atoms with Crippen molar-refractivity contribution < 1.29 is 9.72 Å². The molecule has 150 valence electrons. The summed E-state index contributed by atoms with van der Waals surface area (Å²) in [5.74, 6) is 0.172. The second-order valence-electron chi connectivity index (χ2n) is 6.56. The molecule has 0 saturated carbocycles. The summed E-state index contributed by atoms with van der Waals surface area (Å²) in [7, 11) is 0. The molecule has 30 heavy (non-hydrogen) atoms. The van der Waals surface area contributed by atoms with Gasteiger partial charge in [-0.2, -0.15) is 0 Å². The summed E-state index contributed by atoms with van der Waals surface area (Å²) in [4.78, 5) is 35.9. The molecule has 4 rings (SSSR count). The molecule has 0 saturated heterocycles. The number of hydrogen-bond donors (Lipinski definition) is 2. The van der Waals surface area contributed by atoms with Crippen LogP contribution in [0.15, 0.2) is 48.5 Å². The van der Waals surface area contributed by atoms with Gasteiger partial charge in [-0.15, -0.1) is 0 Å². The molecule has 0 fully saturated rings. The van der Waals surface area contributed by atoms with Gasteiger partial charge in [0.1, 0.15) is 0 Å². The molecule has 2 aromatic heterocycles. The average molecular weight is 420 g/mol. The number of fused-ring (bicyclic) bond motifs is 1. The molecule has 0 aliphatic rings. The van der Waals surface area contributed by atoms with Gasteiger partial charge in [-0.25, -0.2) is 15.0 Å². The first-order chi connectivity index (χ1) is 14.4. The predicted molar refractivity (Wildman–Crippen MR) is 115 cm³/mol. The number of nitro benzene ring substituents is 1. The topological polar surface area (TPSA) is 123 Å². The number of nitrogens with zero attached hydrogens (tertiary/aromatic N) is 4. The van der Waals surface area contributed by atoms with Crippen LogP contribution in [-0.2, 0) is 0 Å². The molecule has 0 atom stereocenters. The molecule has 2 aromatic carbocycles. The molecule has 0 radical (unpaired) electrons. The number of carbonyl (C=O) groups is 1. The summed E-state index contributed by atoms with van der Waals surface area (Å²) in [6.45, 7) is 3.79. The van der Waals surface area contributed by atoms with Gasteiger partial charge in [-0.3, -0.25) is 20.2 Å². The molecule has 1 amide bonds. The van der Waals surface area contributed by atoms with E-state index in [2.05, 4.69) is 25.6 Å². The number of rotatable bonds is 5. The quantitative estimate of drug-likeness (QED) is 0.357. The number of aromatic nitrogens is 3. The van der Waals surface area contributed by atoms with Gasteiger partial charge in [0.2, 0.25) is 5.95 Å². The van der Waals surface area contributed by atoms with Gasteiger partial charge in [0.15, 0.2) is 5.13 Å². The Balaban J connectivity index is 1.47. The third-order valence-corrected chi connectivity index (χ3v) is 5.12. The first kappa shape index (κ1) is 19.4. The van der Waals surface area contributed by atoms with Crippen molar-refractivity contribution in [1.29, 1.82) is 0 Å². The molecular weight excluding hydrogens is 404 g/mol. The lowest BCUT2D eigenvalue weighted by Gasteiger charge is -2.07. The van der Waals surface area contributed by atoms with E-state index in [1.165, 1.54) is 23.5 Å². The van der Waals surface area contributed by atoms with Crippen LogP contribution in [0.25, 0.3) is 10.2 Å². The van der Waals surface area contributed by atoms with E-state index < -0.39 is 4.92 Å². The molecule has 0 aliphatic heterocycles. The van der Waals surface area contributed by atoms with Crippen LogP contribution in [-0.4, -0.2) is 25.8 Å². The maximum atomic E-state index is 12.5. The van der Waals surface area contributed by atoms with E-state index in [1.807, 2.05) is 19.9 Å². The Bertz CT molecular complexity index is 1250. The second-order valence-corrected chi connectivity index (χ2v) is 7.59. The second kappa shape index (κ2) is 7.84. The molecule has 0 bridgehead atoms. The summed E-state index contributed by atoms with van der Waals surface area (Å²) in [5.41, 5.74) is 3.51. The minimum absolute atomic E-state index is 0.0140. The van der Waals surface area contributed by atoms with Crippen LogP contribution in [0.1, 0.15) is 21.7 Å². The Morgan fingerprint density at radius 1 is 1.00 bits per heavy atom. The Morgan fingerprint density at radius 2 is 1.70 bits per heavy atom. The van der Waals surface area contributed by atoms with Crippen molar-refractivity contribution >= 4 is 49.9 Å². The Kier molecular flexibility index (Phi) is 5.07. The van der Waals surface area contributed by atoms with Crippen molar-refractivity contribution in [3.63, 3.8) is 0 Å². The largest absolute Gasteiger partial charge is 0.324 e. The van der Waals surface area contributed by atoms with Crippen molar-refractivity contribution in [1.82, 2.24) is 15.0 Å². The molecule has 10 heteroatoms. The first-order valence-electron chi connectivity index (χ1n) is 8.93. The summed E-state index contributed by atoms with van der Waals surface area (Å²) < 4.78 is 0.632. The lowest BCUT2D eigenvalue weighted by Crippen LogP contribution is -2.11. The summed E-state index contributed by atoms with van der Waals surface area (Å²) in [6, 6.07) is 13.2. The van der Waals surface area contributed by atoms with Gasteiger partial charge in [0.05, 0.1) is 15.1 Å². The minimum atomic E-state index is -0.462. The highest BCUT2D eigenvalue weighted by molar-refractivity contribution is 7.22. The average Bonchev–Trinajstić information content (AvgIpc) is 3.09. The number of anilines is 3. The molecular formula is C20H16N6O3S. The molecule has 2 heterocycles. The third kappa shape index (κ3) is 4.23. The highest BCUT2D eigenvalue weighted by Gasteiger charge is 2.13. The number of hydrogen-bond acceptors (Lipinski definition) is 8. The van der Waals surface area contributed by atoms with Gasteiger partial charge in [-0.1, -0.05) is 11.3 Å². The van der Waals surface area contributed by atoms with E-state index in [0.29, 0.717) is 26.9 Å². The van der Waals surface area contributed by atoms with Crippen LogP contribution in [0.2, 0.25) is 0 Å². The van der Waals surface area contributed by atoms with Crippen molar-refractivity contribution in [3.05, 3.63) is 75.6 Å². The standard InChI is InChI=1S/C20H16N6O3S/c1-11-9-12(2)22-19(21-11)23-14-5-3-13(4-6-14)18(27)25-20-24-16-8-7-15(26(28)29)10-17(16)30-20/h3-10H,1-2H3,(H,21,22,23)(H,24,25,27). The summed E-state index contributed by atoms with van der Waals surface area (Å²) in [6.07, 6.45) is 0. The van der Waals surface area contributed by atoms with Crippen molar-refractivity contribution in [3.8, 4) is 0 Å². The van der Waals surface area contributed by atoms with Crippen molar-refractivity contribution in [2.45, 2.75) is 13.8 Å². The number of carbonyl (C=O) groups excluding carboxylic acids is 1. The molecule has 9 nitrogen and oxygen atoms in total. The highest BCUT2D eigenvalue weighted by Crippen LogP contribution is 2.29. The van der Waals surface area contributed by atoms with Crippen molar-refractivity contribution in [2.75, 3.05) is 10.6 Å². The SMILES string of the molecule is Cc1cc(C)nc(Nc2ccc(C(=O)Nc3nc4ccc([N+](=O)[O-])cc4s3)cc2)n1. The lowest BCUT2D eigenvalue weighted by atomic mass is 10.2. The first-order valence-corrected chi connectivity index (χ1v) is 9.75. The van der Waals surface area contributed by atoms with Gasteiger partial charge in [0.25, 0.3) is 11.6 Å². The Morgan fingerprint density at radius 3 is 2.37 bits per heavy atom. The smallest absolute Gasteiger partial charge is 0.270 e. The maximum absolute atomic E-state index is 12.5. The maximum Gasteiger partial charge on any atom is 0.270 e. The van der Waals surface area contributed by atoms with E-state index in [1.54, 1.807) is 30.3 Å². The monoisotopic (exact) mass is 420 g/mol. The number of amides is 1. The van der Waals surface area contributed by atoms with Crippen LogP contribution in [0.4, 0.5) is 22.5 Å². The van der Waals surface area contributed by atoms with Gasteiger partial charge >= 0.3 is 0 Å². The number of benzene rings is 2. The zero-order valence-electron chi connectivity index (χ0n) is 16.0. The van der Waals surface area contributed by atoms with E-state index in [4.69, 9.17) is 0 Å². The lowest BCUT2D eigenvalue weighted by molar-refractivity contribution is -0.384. The molecule has 2 N–H and O–H groups in total. The van der Waals surface area contributed by atoms with E-state index in [9.17, 15) is 14.9 Å². The predicted octanol–water partition coefficient (Wildman–Crippen LogP) is 4.61. The van der Waals surface area contributed by atoms with Crippen LogP contribution in [0, 0.1) is 24.0 Å². The fourth-order valence-electron chi connectivity index (χ4n) is 2.87. The van der Waals surface area contributed by atoms with Crippen LogP contribution in [0.3, 0.4) is 0 Å². The number of non-ortho nitro benzene ring substituents is 1. The third-order valence-electron chi connectivity index (χ3n) is 4.19. The highest BCUT2D eigenvalue weighted by atomic mass is 32.1. The normalized spacial score (nSPS) is 10.7. The fraction of sp³-hybridized carbons (Fsp3) is 0.100. The summed E-state index contributed by atoms with van der Waals surface area (Å²) in [5, 5.41) is 17.1. The molecule has 0 unspecified atom stereocenters. The molecule has 4 aromatic rings. The Hall–Kier alpha value is -3.92. The van der Waals surface area contributed by atoms with Gasteiger partial charge in [0, 0.05) is 34.8 Å². The van der Waals surface area contributed by atoms with Crippen molar-refractivity contribution in [2.24, 2.45) is 0 Å². The molecule has 0 aliphatic carbocycles. The van der Waals surface area contributed by atoms with E-state index in [0.717, 1.165) is 17.1 Å². The molecule has 0 spiro atoms. The van der Waals surface area contributed by atoms with Gasteiger partial charge in [-0.05, 0) is 50.2 Å². The zero-order valence-corrected chi connectivity index (χ0v) is 16.9. The van der Waals surface area contributed by atoms with E-state index in [-0.39, 0.29) is 11.6 Å². The minimum Gasteiger partial charge on any atom is -0.324 e. The fourth-order valence-corrected chi connectivity index (χ4v) is 3.76. The van der Waals surface area contributed by atoms with Crippen LogP contribution in [0.5, 0.6) is 0 Å². The van der Waals surface area contributed by atoms with Crippen LogP contribution < -0.4 is 10.6 Å². The number of nitrogens with one attached hydrogen (secondary N) is 2. The van der Waals surface area contributed by atoms with E-state index >= 15 is 0 Å². The summed E-state index contributed by atoms with van der Waals surface area (Å²) >= 11 is 1.18. The number of aryl methyl sites for hydroxylation is 2. The number of thiazole rings is 1. The van der Waals surface area contributed by atoms with Gasteiger partial charge < -0.3 is 5.32 Å². The number of nitro groups is 1. The zero-order chi connectivity index (χ0) is 21.3. The Labute approximate surface area is 175 Å².